The Labute approximate surface area is 103 Å². The predicted molar refractivity (Wildman–Crippen MR) is 70.4 cm³/mol. The summed E-state index contributed by atoms with van der Waals surface area (Å²) in [5.74, 6) is 0.665. The van der Waals surface area contributed by atoms with Gasteiger partial charge in [0.2, 0.25) is 0 Å². The standard InChI is InChI=1S/C13H21N3O/c1-4-5-6-9-15-13(17)11-8-7-10-14-12(11)16(2)3/h7-8,10H,4-6,9H2,1-3H3,(H,15,17). The highest BCUT2D eigenvalue weighted by Crippen LogP contribution is 2.13. The number of carbonyl (C=O) groups is 1. The number of hydrogen-bond acceptors (Lipinski definition) is 3. The van der Waals surface area contributed by atoms with Crippen molar-refractivity contribution in [2.75, 3.05) is 25.5 Å². The lowest BCUT2D eigenvalue weighted by Gasteiger charge is -2.15. The largest absolute Gasteiger partial charge is 0.362 e. The van der Waals surface area contributed by atoms with Crippen molar-refractivity contribution in [3.05, 3.63) is 23.9 Å². The van der Waals surface area contributed by atoms with E-state index in [1.165, 1.54) is 0 Å². The van der Waals surface area contributed by atoms with Crippen molar-refractivity contribution >= 4 is 11.7 Å². The van der Waals surface area contributed by atoms with Crippen LogP contribution in [-0.2, 0) is 0 Å². The minimum Gasteiger partial charge on any atom is -0.362 e. The molecule has 0 spiro atoms. The molecule has 0 aliphatic heterocycles. The van der Waals surface area contributed by atoms with Gasteiger partial charge in [-0.3, -0.25) is 4.79 Å². The molecule has 94 valence electrons. The molecule has 4 heteroatoms. The van der Waals surface area contributed by atoms with Gasteiger partial charge in [-0.1, -0.05) is 19.8 Å². The van der Waals surface area contributed by atoms with Crippen LogP contribution in [0.3, 0.4) is 0 Å². The second-order valence-electron chi connectivity index (χ2n) is 4.23. The lowest BCUT2D eigenvalue weighted by molar-refractivity contribution is 0.0953. The molecule has 1 aromatic heterocycles. The fourth-order valence-corrected chi connectivity index (χ4v) is 1.60. The van der Waals surface area contributed by atoms with Gasteiger partial charge >= 0.3 is 0 Å². The van der Waals surface area contributed by atoms with Crippen LogP contribution in [0.2, 0.25) is 0 Å². The maximum absolute atomic E-state index is 12.0. The molecule has 0 bridgehead atoms. The summed E-state index contributed by atoms with van der Waals surface area (Å²) < 4.78 is 0. The van der Waals surface area contributed by atoms with Gasteiger partial charge in [-0.05, 0) is 18.6 Å². The Morgan fingerprint density at radius 1 is 1.41 bits per heavy atom. The minimum absolute atomic E-state index is 0.0436. The number of rotatable bonds is 6. The fourth-order valence-electron chi connectivity index (χ4n) is 1.60. The summed E-state index contributed by atoms with van der Waals surface area (Å²) >= 11 is 0. The zero-order valence-electron chi connectivity index (χ0n) is 10.9. The van der Waals surface area contributed by atoms with Crippen LogP contribution in [0.5, 0.6) is 0 Å². The van der Waals surface area contributed by atoms with E-state index < -0.39 is 0 Å². The van der Waals surface area contributed by atoms with Gasteiger partial charge in [-0.25, -0.2) is 4.98 Å². The average Bonchev–Trinajstić information content (AvgIpc) is 2.34. The van der Waals surface area contributed by atoms with E-state index in [0.29, 0.717) is 11.4 Å². The van der Waals surface area contributed by atoms with Crippen molar-refractivity contribution in [2.45, 2.75) is 26.2 Å². The van der Waals surface area contributed by atoms with Crippen molar-refractivity contribution in [3.8, 4) is 0 Å². The number of aromatic nitrogens is 1. The molecule has 0 aliphatic carbocycles. The van der Waals surface area contributed by atoms with Crippen molar-refractivity contribution in [1.82, 2.24) is 10.3 Å². The normalized spacial score (nSPS) is 10.1. The predicted octanol–water partition coefficient (Wildman–Crippen LogP) is 2.07. The molecule has 0 saturated carbocycles. The molecular formula is C13H21N3O. The summed E-state index contributed by atoms with van der Waals surface area (Å²) in [5, 5.41) is 2.92. The van der Waals surface area contributed by atoms with E-state index in [2.05, 4.69) is 17.2 Å². The molecule has 4 nitrogen and oxygen atoms in total. The monoisotopic (exact) mass is 235 g/mol. The second kappa shape index (κ2) is 6.89. The first-order valence-electron chi connectivity index (χ1n) is 6.07. The molecular weight excluding hydrogens is 214 g/mol. The van der Waals surface area contributed by atoms with E-state index in [4.69, 9.17) is 0 Å². The first-order valence-corrected chi connectivity index (χ1v) is 6.07. The van der Waals surface area contributed by atoms with E-state index in [9.17, 15) is 4.79 Å². The Morgan fingerprint density at radius 2 is 2.18 bits per heavy atom. The van der Waals surface area contributed by atoms with E-state index in [1.54, 1.807) is 18.3 Å². The Bertz CT molecular complexity index is 363. The highest BCUT2D eigenvalue weighted by molar-refractivity contribution is 5.98. The molecule has 0 aliphatic rings. The molecule has 1 N–H and O–H groups in total. The van der Waals surface area contributed by atoms with Crippen LogP contribution in [0.4, 0.5) is 5.82 Å². The summed E-state index contributed by atoms with van der Waals surface area (Å²) in [6.07, 6.45) is 5.03. The Hall–Kier alpha value is -1.58. The maximum atomic E-state index is 12.0. The molecule has 0 aromatic carbocycles. The quantitative estimate of drug-likeness (QED) is 0.768. The van der Waals surface area contributed by atoms with E-state index in [0.717, 1.165) is 25.8 Å². The maximum Gasteiger partial charge on any atom is 0.255 e. The Balaban J connectivity index is 2.62. The first kappa shape index (κ1) is 13.5. The molecule has 0 fully saturated rings. The van der Waals surface area contributed by atoms with Crippen LogP contribution in [-0.4, -0.2) is 31.5 Å². The molecule has 0 saturated heterocycles. The van der Waals surface area contributed by atoms with Crippen molar-refractivity contribution in [2.24, 2.45) is 0 Å². The summed E-state index contributed by atoms with van der Waals surface area (Å²) in [7, 11) is 3.77. The van der Waals surface area contributed by atoms with Gasteiger partial charge in [-0.15, -0.1) is 0 Å². The summed E-state index contributed by atoms with van der Waals surface area (Å²) in [6, 6.07) is 3.59. The van der Waals surface area contributed by atoms with Crippen LogP contribution in [0.1, 0.15) is 36.5 Å². The minimum atomic E-state index is -0.0436. The van der Waals surface area contributed by atoms with Gasteiger partial charge in [0.25, 0.3) is 5.91 Å². The number of nitrogens with zero attached hydrogens (tertiary/aromatic N) is 2. The third kappa shape index (κ3) is 4.06. The lowest BCUT2D eigenvalue weighted by Crippen LogP contribution is -2.27. The number of amides is 1. The average molecular weight is 235 g/mol. The lowest BCUT2D eigenvalue weighted by atomic mass is 10.2. The van der Waals surface area contributed by atoms with Crippen molar-refractivity contribution < 1.29 is 4.79 Å². The first-order chi connectivity index (χ1) is 8.16. The summed E-state index contributed by atoms with van der Waals surface area (Å²) in [6.45, 7) is 2.88. The topological polar surface area (TPSA) is 45.2 Å². The van der Waals surface area contributed by atoms with E-state index in [-0.39, 0.29) is 5.91 Å². The van der Waals surface area contributed by atoms with E-state index in [1.807, 2.05) is 19.0 Å². The number of nitrogens with one attached hydrogen (secondary N) is 1. The van der Waals surface area contributed by atoms with Crippen LogP contribution < -0.4 is 10.2 Å². The van der Waals surface area contributed by atoms with Crippen LogP contribution in [0.25, 0.3) is 0 Å². The smallest absolute Gasteiger partial charge is 0.255 e. The third-order valence-corrected chi connectivity index (χ3v) is 2.52. The number of carbonyl (C=O) groups excluding carboxylic acids is 1. The molecule has 1 amide bonds. The van der Waals surface area contributed by atoms with E-state index >= 15 is 0 Å². The highest BCUT2D eigenvalue weighted by atomic mass is 16.1. The molecule has 17 heavy (non-hydrogen) atoms. The van der Waals surface area contributed by atoms with Crippen molar-refractivity contribution in [3.63, 3.8) is 0 Å². The summed E-state index contributed by atoms with van der Waals surface area (Å²) in [4.78, 5) is 18.0. The van der Waals surface area contributed by atoms with Crippen molar-refractivity contribution in [1.29, 1.82) is 0 Å². The molecule has 0 atom stereocenters. The van der Waals surface area contributed by atoms with Gasteiger partial charge in [0.15, 0.2) is 0 Å². The molecule has 1 heterocycles. The van der Waals surface area contributed by atoms with Crippen LogP contribution >= 0.6 is 0 Å². The Kier molecular flexibility index (Phi) is 5.46. The molecule has 0 unspecified atom stereocenters. The Morgan fingerprint density at radius 3 is 2.82 bits per heavy atom. The van der Waals surface area contributed by atoms with Gasteiger partial charge in [-0.2, -0.15) is 0 Å². The number of hydrogen-bond donors (Lipinski definition) is 1. The highest BCUT2D eigenvalue weighted by Gasteiger charge is 2.12. The van der Waals surface area contributed by atoms with Crippen LogP contribution in [0.15, 0.2) is 18.3 Å². The molecule has 1 aromatic rings. The van der Waals surface area contributed by atoms with Crippen LogP contribution in [0, 0.1) is 0 Å². The van der Waals surface area contributed by atoms with Gasteiger partial charge in [0.05, 0.1) is 5.56 Å². The molecule has 1 rings (SSSR count). The number of anilines is 1. The number of unbranched alkanes of at least 4 members (excludes halogenated alkanes) is 2. The number of pyridine rings is 1. The second-order valence-corrected chi connectivity index (χ2v) is 4.23. The van der Waals surface area contributed by atoms with Gasteiger partial charge in [0.1, 0.15) is 5.82 Å². The zero-order valence-corrected chi connectivity index (χ0v) is 10.9. The van der Waals surface area contributed by atoms with Gasteiger partial charge < -0.3 is 10.2 Å². The summed E-state index contributed by atoms with van der Waals surface area (Å²) in [5.41, 5.74) is 0.633. The third-order valence-electron chi connectivity index (χ3n) is 2.52. The zero-order chi connectivity index (χ0) is 12.7. The fraction of sp³-hybridized carbons (Fsp3) is 0.538. The van der Waals surface area contributed by atoms with Gasteiger partial charge in [0, 0.05) is 26.8 Å². The SMILES string of the molecule is CCCCCNC(=O)c1cccnc1N(C)C. The molecule has 0 radical (unpaired) electrons.